The van der Waals surface area contributed by atoms with Crippen molar-refractivity contribution in [3.63, 3.8) is 0 Å². The van der Waals surface area contributed by atoms with Crippen molar-refractivity contribution in [3.05, 3.63) is 83.5 Å². The van der Waals surface area contributed by atoms with Gasteiger partial charge in [0, 0.05) is 10.6 Å². The summed E-state index contributed by atoms with van der Waals surface area (Å²) in [5.74, 6) is 2.24. The first-order valence-electron chi connectivity index (χ1n) is 9.34. The molecule has 0 aliphatic carbocycles. The predicted molar refractivity (Wildman–Crippen MR) is 142 cm³/mol. The lowest BCUT2D eigenvalue weighted by Crippen LogP contribution is -2.06. The first-order chi connectivity index (χ1) is 15.0. The van der Waals surface area contributed by atoms with Gasteiger partial charge in [0.25, 0.3) is 0 Å². The molecule has 0 radical (unpaired) electrons. The van der Waals surface area contributed by atoms with Crippen LogP contribution < -0.4 is 19.6 Å². The van der Waals surface area contributed by atoms with Crippen molar-refractivity contribution in [1.82, 2.24) is 5.43 Å². The molecule has 0 bridgehead atoms. The van der Waals surface area contributed by atoms with Crippen LogP contribution in [-0.4, -0.2) is 20.4 Å². The molecule has 0 fully saturated rings. The van der Waals surface area contributed by atoms with E-state index in [1.165, 1.54) is 0 Å². The Morgan fingerprint density at radius 1 is 0.968 bits per heavy atom. The molecule has 0 spiro atoms. The summed E-state index contributed by atoms with van der Waals surface area (Å²) < 4.78 is 18.7. The monoisotopic (exact) mass is 662 g/mol. The van der Waals surface area contributed by atoms with Gasteiger partial charge in [-0.05, 0) is 86.6 Å². The number of halogens is 3. The molecule has 0 saturated heterocycles. The number of hydrogen-bond acceptors (Lipinski definition) is 5. The van der Waals surface area contributed by atoms with Gasteiger partial charge in [0.15, 0.2) is 11.5 Å². The molecule has 0 saturated carbocycles. The van der Waals surface area contributed by atoms with Gasteiger partial charge in [-0.15, -0.1) is 0 Å². The lowest BCUT2D eigenvalue weighted by molar-refractivity contribution is 0.302. The third-order valence-electron chi connectivity index (χ3n) is 4.39. The molecule has 0 heterocycles. The summed E-state index contributed by atoms with van der Waals surface area (Å²) in [6, 6.07) is 17.5. The molecule has 3 aromatic carbocycles. The van der Waals surface area contributed by atoms with Crippen LogP contribution in [0, 0.1) is 7.14 Å². The number of hydrogen-bond donors (Lipinski definition) is 1. The maximum Gasteiger partial charge on any atom is 0.161 e. The van der Waals surface area contributed by atoms with E-state index < -0.39 is 0 Å². The molecule has 3 aromatic rings. The van der Waals surface area contributed by atoms with E-state index in [-0.39, 0.29) is 0 Å². The van der Waals surface area contributed by atoms with Crippen LogP contribution in [0.15, 0.2) is 59.7 Å². The average Bonchev–Trinajstić information content (AvgIpc) is 2.77. The number of benzene rings is 3. The minimum Gasteiger partial charge on any atom is -0.493 e. The van der Waals surface area contributed by atoms with Crippen molar-refractivity contribution in [1.29, 1.82) is 0 Å². The van der Waals surface area contributed by atoms with Crippen LogP contribution in [0.25, 0.3) is 0 Å². The van der Waals surface area contributed by atoms with Gasteiger partial charge < -0.3 is 19.6 Å². The van der Waals surface area contributed by atoms with Crippen molar-refractivity contribution in [2.75, 3.05) is 14.2 Å². The fourth-order valence-electron chi connectivity index (χ4n) is 2.80. The zero-order valence-corrected chi connectivity index (χ0v) is 22.1. The maximum atomic E-state index is 6.22. The van der Waals surface area contributed by atoms with Crippen LogP contribution in [0.5, 0.6) is 17.2 Å². The molecule has 0 aliphatic heterocycles. The summed E-state index contributed by atoms with van der Waals surface area (Å²) in [6.45, 7) is 0.996. The van der Waals surface area contributed by atoms with Crippen LogP contribution in [0.3, 0.4) is 0 Å². The molecule has 0 aromatic heterocycles. The number of nitrogens with zero attached hydrogens (tertiary/aromatic N) is 1. The van der Waals surface area contributed by atoms with E-state index in [2.05, 4.69) is 55.7 Å². The highest BCUT2D eigenvalue weighted by Crippen LogP contribution is 2.30. The molecule has 0 atom stereocenters. The Hall–Kier alpha value is -1.72. The van der Waals surface area contributed by atoms with Gasteiger partial charge in [-0.1, -0.05) is 35.9 Å². The fourth-order valence-corrected chi connectivity index (χ4v) is 5.12. The van der Waals surface area contributed by atoms with Crippen molar-refractivity contribution in [3.8, 4) is 17.2 Å². The summed E-state index contributed by atoms with van der Waals surface area (Å²) in [6.07, 6.45) is 1.79. The molecule has 0 amide bonds. The smallest absolute Gasteiger partial charge is 0.161 e. The highest BCUT2D eigenvalue weighted by atomic mass is 127. The lowest BCUT2D eigenvalue weighted by atomic mass is 10.2. The van der Waals surface area contributed by atoms with Crippen LogP contribution >= 0.6 is 56.8 Å². The van der Waals surface area contributed by atoms with Crippen LogP contribution in [0.1, 0.15) is 16.7 Å². The largest absolute Gasteiger partial charge is 0.493 e. The van der Waals surface area contributed by atoms with Crippen molar-refractivity contribution in [2.24, 2.45) is 5.10 Å². The fraction of sp³-hybridized carbons (Fsp3) is 0.174. The van der Waals surface area contributed by atoms with Gasteiger partial charge in [0.1, 0.15) is 12.4 Å². The Bertz CT molecular complexity index is 1050. The van der Waals surface area contributed by atoms with Gasteiger partial charge >= 0.3 is 0 Å². The first-order valence-corrected chi connectivity index (χ1v) is 11.9. The van der Waals surface area contributed by atoms with E-state index in [9.17, 15) is 0 Å². The lowest BCUT2D eigenvalue weighted by Gasteiger charge is -2.12. The summed E-state index contributed by atoms with van der Waals surface area (Å²) in [4.78, 5) is 0. The molecule has 162 valence electrons. The average molecular weight is 663 g/mol. The summed E-state index contributed by atoms with van der Waals surface area (Å²) >= 11 is 10.8. The molecule has 1 N–H and O–H groups in total. The topological polar surface area (TPSA) is 52.1 Å². The Morgan fingerprint density at radius 3 is 2.35 bits per heavy atom. The first kappa shape index (κ1) is 23.9. The summed E-state index contributed by atoms with van der Waals surface area (Å²) in [7, 11) is 3.24. The highest BCUT2D eigenvalue weighted by Gasteiger charge is 2.10. The van der Waals surface area contributed by atoms with Crippen molar-refractivity contribution in [2.45, 2.75) is 13.2 Å². The number of rotatable bonds is 9. The normalized spacial score (nSPS) is 10.9. The molecule has 31 heavy (non-hydrogen) atoms. The van der Waals surface area contributed by atoms with Crippen LogP contribution in [0.4, 0.5) is 0 Å². The Morgan fingerprint density at radius 2 is 1.68 bits per heavy atom. The number of hydrazone groups is 1. The van der Waals surface area contributed by atoms with E-state index in [4.69, 9.17) is 25.8 Å². The quantitative estimate of drug-likeness (QED) is 0.167. The molecular formula is C23H21ClI2N2O3. The van der Waals surface area contributed by atoms with E-state index in [1.807, 2.05) is 54.6 Å². The minimum absolute atomic E-state index is 0.423. The summed E-state index contributed by atoms with van der Waals surface area (Å²) in [5, 5.41) is 5.05. The third-order valence-corrected chi connectivity index (χ3v) is 6.36. The third kappa shape index (κ3) is 6.63. The second kappa shape index (κ2) is 11.8. The van der Waals surface area contributed by atoms with Crippen molar-refractivity contribution < 1.29 is 14.2 Å². The standard InChI is InChI=1S/C23H21ClI2N2O3/c1-29-21-8-7-15(11-22(21)30-2)12-27-28-13-16-9-19(25)23(20(26)10-16)31-14-17-5-3-4-6-18(17)24/h3-11,13,27H,12,14H2,1-2H3/b28-13-. The zero-order valence-electron chi connectivity index (χ0n) is 17.0. The Balaban J connectivity index is 1.61. The zero-order chi connectivity index (χ0) is 22.2. The predicted octanol–water partition coefficient (Wildman–Crippen LogP) is 6.27. The highest BCUT2D eigenvalue weighted by molar-refractivity contribution is 14.1. The number of methoxy groups -OCH3 is 2. The van der Waals surface area contributed by atoms with Gasteiger partial charge in [0.2, 0.25) is 0 Å². The summed E-state index contributed by atoms with van der Waals surface area (Å²) in [5.41, 5.74) is 6.06. The molecule has 3 rings (SSSR count). The maximum absolute atomic E-state index is 6.22. The minimum atomic E-state index is 0.423. The van der Waals surface area contributed by atoms with Gasteiger partial charge in [-0.25, -0.2) is 0 Å². The second-order valence-electron chi connectivity index (χ2n) is 6.48. The van der Waals surface area contributed by atoms with Crippen LogP contribution in [0.2, 0.25) is 5.02 Å². The van der Waals surface area contributed by atoms with E-state index >= 15 is 0 Å². The van der Waals surface area contributed by atoms with Gasteiger partial charge in [0.05, 0.1) is 34.1 Å². The molecule has 5 nitrogen and oxygen atoms in total. The molecule has 0 unspecified atom stereocenters. The number of nitrogens with one attached hydrogen (secondary N) is 1. The van der Waals surface area contributed by atoms with Crippen molar-refractivity contribution >= 4 is 63.0 Å². The molecule has 0 aliphatic rings. The van der Waals surface area contributed by atoms with E-state index in [0.29, 0.717) is 29.7 Å². The van der Waals surface area contributed by atoms with Gasteiger partial charge in [-0.2, -0.15) is 5.10 Å². The van der Waals surface area contributed by atoms with Crippen LogP contribution in [-0.2, 0) is 13.2 Å². The SMILES string of the molecule is COc1ccc(CN/N=C\c2cc(I)c(OCc3ccccc3Cl)c(I)c2)cc1OC. The Kier molecular flexibility index (Phi) is 9.09. The number of ether oxygens (including phenoxy) is 3. The van der Waals surface area contributed by atoms with Gasteiger partial charge in [-0.3, -0.25) is 0 Å². The van der Waals surface area contributed by atoms with E-state index in [0.717, 1.165) is 29.6 Å². The molecular weight excluding hydrogens is 642 g/mol. The Labute approximate surface area is 214 Å². The second-order valence-corrected chi connectivity index (χ2v) is 9.21. The van der Waals surface area contributed by atoms with E-state index in [1.54, 1.807) is 20.4 Å². The molecule has 8 heteroatoms.